The third-order valence-electron chi connectivity index (χ3n) is 4.80. The first-order chi connectivity index (χ1) is 8.52. The Labute approximate surface area is 113 Å². The Bertz CT molecular complexity index is 256. The Morgan fingerprint density at radius 1 is 1.17 bits per heavy atom. The number of hydrogen-bond acceptors (Lipinski definition) is 2. The lowest BCUT2D eigenvalue weighted by Crippen LogP contribution is -2.45. The van der Waals surface area contributed by atoms with E-state index in [9.17, 15) is 0 Å². The van der Waals surface area contributed by atoms with Crippen LogP contribution in [0.25, 0.3) is 0 Å². The van der Waals surface area contributed by atoms with Crippen LogP contribution in [0.4, 0.5) is 0 Å². The standard InChI is InChI=1S/C16H31NO/c1-12(2)9-14-15(13(3)4)17-10-16(11-18-14)7-5-6-8-16/h12-15,17H,5-11H2,1-4H3. The molecule has 0 amide bonds. The van der Waals surface area contributed by atoms with Gasteiger partial charge in [0.25, 0.3) is 0 Å². The first-order valence-electron chi connectivity index (χ1n) is 7.87. The molecule has 2 nitrogen and oxygen atoms in total. The molecule has 0 bridgehead atoms. The summed E-state index contributed by atoms with van der Waals surface area (Å²) in [4.78, 5) is 0. The highest BCUT2D eigenvalue weighted by Crippen LogP contribution is 2.40. The molecule has 1 N–H and O–H groups in total. The van der Waals surface area contributed by atoms with Crippen molar-refractivity contribution < 1.29 is 4.74 Å². The molecule has 1 spiro atoms. The molecule has 1 saturated carbocycles. The van der Waals surface area contributed by atoms with Gasteiger partial charge >= 0.3 is 0 Å². The zero-order chi connectivity index (χ0) is 13.2. The quantitative estimate of drug-likeness (QED) is 0.829. The van der Waals surface area contributed by atoms with Crippen LogP contribution in [0.3, 0.4) is 0 Å². The zero-order valence-corrected chi connectivity index (χ0v) is 12.7. The fraction of sp³-hybridized carbons (Fsp3) is 1.00. The lowest BCUT2D eigenvalue weighted by molar-refractivity contribution is -0.0135. The topological polar surface area (TPSA) is 21.3 Å². The Morgan fingerprint density at radius 2 is 1.83 bits per heavy atom. The largest absolute Gasteiger partial charge is 0.376 e. The molecule has 0 aromatic rings. The average Bonchev–Trinajstić information content (AvgIpc) is 2.66. The maximum absolute atomic E-state index is 6.36. The van der Waals surface area contributed by atoms with E-state index in [1.54, 1.807) is 0 Å². The molecule has 1 aliphatic carbocycles. The molecule has 2 unspecified atom stereocenters. The molecule has 2 aliphatic rings. The summed E-state index contributed by atoms with van der Waals surface area (Å²) in [6.07, 6.45) is 7.10. The molecule has 2 fully saturated rings. The fourth-order valence-electron chi connectivity index (χ4n) is 3.69. The van der Waals surface area contributed by atoms with Crippen LogP contribution >= 0.6 is 0 Å². The third kappa shape index (κ3) is 3.27. The van der Waals surface area contributed by atoms with Crippen molar-refractivity contribution in [1.29, 1.82) is 0 Å². The van der Waals surface area contributed by atoms with E-state index in [0.717, 1.165) is 12.5 Å². The van der Waals surface area contributed by atoms with Crippen molar-refractivity contribution in [3.63, 3.8) is 0 Å². The molecule has 1 heterocycles. The minimum Gasteiger partial charge on any atom is -0.376 e. The van der Waals surface area contributed by atoms with Gasteiger partial charge in [-0.15, -0.1) is 0 Å². The summed E-state index contributed by atoms with van der Waals surface area (Å²) >= 11 is 0. The molecule has 0 radical (unpaired) electrons. The molecule has 1 saturated heterocycles. The van der Waals surface area contributed by atoms with E-state index in [1.807, 2.05) is 0 Å². The summed E-state index contributed by atoms with van der Waals surface area (Å²) in [6.45, 7) is 11.4. The molecule has 1 aliphatic heterocycles. The average molecular weight is 253 g/mol. The maximum Gasteiger partial charge on any atom is 0.0733 e. The van der Waals surface area contributed by atoms with Crippen LogP contribution in [-0.4, -0.2) is 25.3 Å². The number of hydrogen-bond donors (Lipinski definition) is 1. The summed E-state index contributed by atoms with van der Waals surface area (Å²) in [5.74, 6) is 1.38. The lowest BCUT2D eigenvalue weighted by Gasteiger charge is -2.29. The van der Waals surface area contributed by atoms with E-state index in [4.69, 9.17) is 4.74 Å². The first-order valence-corrected chi connectivity index (χ1v) is 7.87. The third-order valence-corrected chi connectivity index (χ3v) is 4.80. The summed E-state index contributed by atoms with van der Waals surface area (Å²) in [5, 5.41) is 3.84. The van der Waals surface area contributed by atoms with Gasteiger partial charge in [0.2, 0.25) is 0 Å². The van der Waals surface area contributed by atoms with E-state index >= 15 is 0 Å². The summed E-state index contributed by atoms with van der Waals surface area (Å²) in [6, 6.07) is 0.535. The van der Waals surface area contributed by atoms with E-state index in [0.29, 0.717) is 23.5 Å². The fourth-order valence-corrected chi connectivity index (χ4v) is 3.69. The summed E-state index contributed by atoms with van der Waals surface area (Å²) in [5.41, 5.74) is 0.457. The number of ether oxygens (including phenoxy) is 1. The van der Waals surface area contributed by atoms with Crippen LogP contribution in [0.1, 0.15) is 59.8 Å². The minimum absolute atomic E-state index is 0.407. The Kier molecular flexibility index (Phi) is 4.71. The Hall–Kier alpha value is -0.0800. The van der Waals surface area contributed by atoms with Gasteiger partial charge in [0, 0.05) is 18.0 Å². The predicted octanol–water partition coefficient (Wildman–Crippen LogP) is 3.61. The molecule has 0 aromatic heterocycles. The molecule has 2 rings (SSSR count). The molecular formula is C16H31NO. The highest BCUT2D eigenvalue weighted by Gasteiger charge is 2.40. The van der Waals surface area contributed by atoms with Crippen LogP contribution < -0.4 is 5.32 Å². The van der Waals surface area contributed by atoms with Gasteiger partial charge < -0.3 is 10.1 Å². The van der Waals surface area contributed by atoms with Gasteiger partial charge in [-0.25, -0.2) is 0 Å². The zero-order valence-electron chi connectivity index (χ0n) is 12.7. The summed E-state index contributed by atoms with van der Waals surface area (Å²) < 4.78 is 6.36. The van der Waals surface area contributed by atoms with Crippen LogP contribution in [0.2, 0.25) is 0 Å². The van der Waals surface area contributed by atoms with Crippen molar-refractivity contribution in [2.45, 2.75) is 71.9 Å². The van der Waals surface area contributed by atoms with Crippen molar-refractivity contribution in [3.05, 3.63) is 0 Å². The van der Waals surface area contributed by atoms with E-state index in [1.165, 1.54) is 38.6 Å². The first kappa shape index (κ1) is 14.3. The second kappa shape index (κ2) is 5.92. The minimum atomic E-state index is 0.407. The van der Waals surface area contributed by atoms with Gasteiger partial charge in [0.05, 0.1) is 12.7 Å². The van der Waals surface area contributed by atoms with Gasteiger partial charge in [-0.05, 0) is 31.1 Å². The molecular weight excluding hydrogens is 222 g/mol. The van der Waals surface area contributed by atoms with Gasteiger partial charge in [0.1, 0.15) is 0 Å². The van der Waals surface area contributed by atoms with Crippen LogP contribution in [0, 0.1) is 17.3 Å². The van der Waals surface area contributed by atoms with E-state index in [-0.39, 0.29) is 0 Å². The van der Waals surface area contributed by atoms with E-state index in [2.05, 4.69) is 33.0 Å². The normalized spacial score (nSPS) is 32.3. The van der Waals surface area contributed by atoms with Crippen molar-refractivity contribution >= 4 is 0 Å². The molecule has 18 heavy (non-hydrogen) atoms. The maximum atomic E-state index is 6.36. The smallest absolute Gasteiger partial charge is 0.0733 e. The van der Waals surface area contributed by atoms with Gasteiger partial charge in [-0.1, -0.05) is 40.5 Å². The Morgan fingerprint density at radius 3 is 2.39 bits per heavy atom. The molecule has 2 heteroatoms. The summed E-state index contributed by atoms with van der Waals surface area (Å²) in [7, 11) is 0. The highest BCUT2D eigenvalue weighted by molar-refractivity contribution is 4.93. The number of nitrogens with one attached hydrogen (secondary N) is 1. The van der Waals surface area contributed by atoms with Gasteiger partial charge in [0.15, 0.2) is 0 Å². The second-order valence-corrected chi connectivity index (χ2v) is 7.34. The molecule has 106 valence electrons. The highest BCUT2D eigenvalue weighted by atomic mass is 16.5. The van der Waals surface area contributed by atoms with Crippen molar-refractivity contribution in [3.8, 4) is 0 Å². The molecule has 0 aromatic carbocycles. The second-order valence-electron chi connectivity index (χ2n) is 7.34. The SMILES string of the molecule is CC(C)CC1OCC2(CCCC2)CNC1C(C)C. The van der Waals surface area contributed by atoms with Crippen LogP contribution in [-0.2, 0) is 4.74 Å². The van der Waals surface area contributed by atoms with Gasteiger partial charge in [-0.3, -0.25) is 0 Å². The molecule has 2 atom stereocenters. The monoisotopic (exact) mass is 253 g/mol. The van der Waals surface area contributed by atoms with Crippen molar-refractivity contribution in [2.75, 3.05) is 13.2 Å². The van der Waals surface area contributed by atoms with E-state index < -0.39 is 0 Å². The predicted molar refractivity (Wildman–Crippen MR) is 76.7 cm³/mol. The van der Waals surface area contributed by atoms with Crippen molar-refractivity contribution in [1.82, 2.24) is 5.32 Å². The lowest BCUT2D eigenvalue weighted by atomic mass is 9.87. The van der Waals surface area contributed by atoms with Gasteiger partial charge in [-0.2, -0.15) is 0 Å². The van der Waals surface area contributed by atoms with Crippen LogP contribution in [0.15, 0.2) is 0 Å². The number of rotatable bonds is 3. The van der Waals surface area contributed by atoms with Crippen LogP contribution in [0.5, 0.6) is 0 Å². The Balaban J connectivity index is 2.04. The van der Waals surface area contributed by atoms with Crippen molar-refractivity contribution in [2.24, 2.45) is 17.3 Å².